The topological polar surface area (TPSA) is 95.9 Å². The molecule has 0 saturated carbocycles. The van der Waals surface area contributed by atoms with Gasteiger partial charge >= 0.3 is 5.97 Å². The zero-order chi connectivity index (χ0) is 19.8. The molecule has 9 heteroatoms. The zero-order valence-electron chi connectivity index (χ0n) is 15.5. The average molecular weight is 399 g/mol. The highest BCUT2D eigenvalue weighted by molar-refractivity contribution is 7.16. The molecule has 0 amide bonds. The molecule has 8 nitrogen and oxygen atoms in total. The smallest absolute Gasteiger partial charge is 0.374 e. The first kappa shape index (κ1) is 18.2. The van der Waals surface area contributed by atoms with E-state index in [1.807, 2.05) is 13.0 Å². The van der Waals surface area contributed by atoms with E-state index in [1.54, 1.807) is 26.0 Å². The molecule has 0 aliphatic heterocycles. The minimum Gasteiger partial charge on any atom is -0.494 e. The van der Waals surface area contributed by atoms with Crippen molar-refractivity contribution in [3.05, 3.63) is 56.6 Å². The second-order valence-electron chi connectivity index (χ2n) is 6.15. The molecular weight excluding hydrogens is 382 g/mol. The van der Waals surface area contributed by atoms with Crippen molar-refractivity contribution in [2.24, 2.45) is 0 Å². The Kier molecular flexibility index (Phi) is 4.60. The van der Waals surface area contributed by atoms with Gasteiger partial charge in [-0.2, -0.15) is 9.61 Å². The summed E-state index contributed by atoms with van der Waals surface area (Å²) in [6.45, 7) is 5.91. The molecule has 4 aromatic rings. The molecule has 1 aromatic carbocycles. The predicted octanol–water partition coefficient (Wildman–Crippen LogP) is 3.27. The number of rotatable bonds is 5. The average Bonchev–Trinajstić information content (AvgIpc) is 3.21. The SMILES string of the molecule is CCOc1ccc2oc(C(=O)OCc3nn4c(=O)cc(C)nc4s3)c(C)c2c1. The van der Waals surface area contributed by atoms with Crippen molar-refractivity contribution in [3.8, 4) is 5.75 Å². The summed E-state index contributed by atoms with van der Waals surface area (Å²) in [5, 5.41) is 5.42. The number of fused-ring (bicyclic) bond motifs is 2. The third-order valence-corrected chi connectivity index (χ3v) is 5.03. The molecule has 0 saturated heterocycles. The van der Waals surface area contributed by atoms with Crippen LogP contribution in [-0.2, 0) is 11.3 Å². The summed E-state index contributed by atoms with van der Waals surface area (Å²) in [6, 6.07) is 6.79. The maximum atomic E-state index is 12.5. The summed E-state index contributed by atoms with van der Waals surface area (Å²) in [7, 11) is 0. The van der Waals surface area contributed by atoms with Crippen LogP contribution in [0.3, 0.4) is 0 Å². The lowest BCUT2D eigenvalue weighted by molar-refractivity contribution is 0.0436. The summed E-state index contributed by atoms with van der Waals surface area (Å²) in [6.07, 6.45) is 0. The number of aryl methyl sites for hydroxylation is 2. The van der Waals surface area contributed by atoms with Crippen molar-refractivity contribution >= 4 is 33.2 Å². The third kappa shape index (κ3) is 3.24. The van der Waals surface area contributed by atoms with Crippen LogP contribution in [-0.4, -0.2) is 27.2 Å². The second kappa shape index (κ2) is 7.08. The molecule has 3 heterocycles. The first-order valence-corrected chi connectivity index (χ1v) is 9.47. The van der Waals surface area contributed by atoms with Gasteiger partial charge in [0.25, 0.3) is 5.56 Å². The number of esters is 1. The molecule has 0 atom stereocenters. The van der Waals surface area contributed by atoms with E-state index in [2.05, 4.69) is 10.1 Å². The number of nitrogens with zero attached hydrogens (tertiary/aromatic N) is 3. The number of furan rings is 1. The molecule has 0 aliphatic rings. The fourth-order valence-corrected chi connectivity index (χ4v) is 3.72. The summed E-state index contributed by atoms with van der Waals surface area (Å²) in [5.74, 6) is 0.250. The van der Waals surface area contributed by atoms with Crippen LogP contribution in [0.2, 0.25) is 0 Å². The first-order valence-electron chi connectivity index (χ1n) is 8.65. The molecule has 4 rings (SSSR count). The Balaban J connectivity index is 1.56. The van der Waals surface area contributed by atoms with Crippen molar-refractivity contribution in [1.82, 2.24) is 14.6 Å². The Morgan fingerprint density at radius 2 is 2.11 bits per heavy atom. The molecule has 0 spiro atoms. The van der Waals surface area contributed by atoms with Gasteiger partial charge in [0, 0.05) is 22.7 Å². The molecule has 28 heavy (non-hydrogen) atoms. The largest absolute Gasteiger partial charge is 0.494 e. The first-order chi connectivity index (χ1) is 13.5. The number of ether oxygens (including phenoxy) is 2. The highest BCUT2D eigenvalue weighted by atomic mass is 32.1. The van der Waals surface area contributed by atoms with Gasteiger partial charge in [-0.25, -0.2) is 9.78 Å². The van der Waals surface area contributed by atoms with E-state index in [4.69, 9.17) is 13.9 Å². The summed E-state index contributed by atoms with van der Waals surface area (Å²) < 4.78 is 17.7. The summed E-state index contributed by atoms with van der Waals surface area (Å²) in [5.41, 5.74) is 1.61. The van der Waals surface area contributed by atoms with Crippen LogP contribution in [0.15, 0.2) is 33.5 Å². The number of hydrogen-bond acceptors (Lipinski definition) is 8. The standard InChI is InChI=1S/C19H17N3O5S/c1-4-25-12-5-6-14-13(8-12)11(3)17(27-14)18(24)26-9-15-21-22-16(23)7-10(2)20-19(22)28-15/h5-8H,4,9H2,1-3H3. The molecule has 0 fully saturated rings. The van der Waals surface area contributed by atoms with Gasteiger partial charge in [-0.3, -0.25) is 4.79 Å². The van der Waals surface area contributed by atoms with Crippen LogP contribution in [0.1, 0.15) is 33.7 Å². The molecule has 0 radical (unpaired) electrons. The number of benzene rings is 1. The molecule has 0 N–H and O–H groups in total. The Hall–Kier alpha value is -3.20. The van der Waals surface area contributed by atoms with Gasteiger partial charge < -0.3 is 13.9 Å². The van der Waals surface area contributed by atoms with E-state index in [0.717, 1.165) is 5.39 Å². The minimum atomic E-state index is -0.595. The van der Waals surface area contributed by atoms with Gasteiger partial charge in [-0.05, 0) is 39.0 Å². The van der Waals surface area contributed by atoms with Crippen LogP contribution in [0.25, 0.3) is 15.9 Å². The lowest BCUT2D eigenvalue weighted by Crippen LogP contribution is -2.14. The molecule has 0 unspecified atom stereocenters. The van der Waals surface area contributed by atoms with Gasteiger partial charge in [0.05, 0.1) is 6.61 Å². The maximum Gasteiger partial charge on any atom is 0.374 e. The highest BCUT2D eigenvalue weighted by Crippen LogP contribution is 2.29. The number of carbonyl (C=O) groups is 1. The molecule has 0 aliphatic carbocycles. The fourth-order valence-electron chi connectivity index (χ4n) is 2.86. The van der Waals surface area contributed by atoms with Crippen LogP contribution in [0, 0.1) is 13.8 Å². The van der Waals surface area contributed by atoms with Gasteiger partial charge in [-0.1, -0.05) is 11.3 Å². The Labute approximate surface area is 163 Å². The van der Waals surface area contributed by atoms with E-state index in [1.165, 1.54) is 21.9 Å². The molecule has 0 bridgehead atoms. The Morgan fingerprint density at radius 1 is 1.29 bits per heavy atom. The normalized spacial score (nSPS) is 11.2. The molecule has 3 aromatic heterocycles. The van der Waals surface area contributed by atoms with Gasteiger partial charge in [0.2, 0.25) is 10.7 Å². The Bertz CT molecular complexity index is 1250. The lowest BCUT2D eigenvalue weighted by atomic mass is 10.1. The number of carbonyl (C=O) groups excluding carboxylic acids is 1. The molecule has 144 valence electrons. The summed E-state index contributed by atoms with van der Waals surface area (Å²) >= 11 is 1.20. The predicted molar refractivity (Wildman–Crippen MR) is 103 cm³/mol. The van der Waals surface area contributed by atoms with Crippen molar-refractivity contribution in [1.29, 1.82) is 0 Å². The van der Waals surface area contributed by atoms with Gasteiger partial charge in [0.1, 0.15) is 17.9 Å². The van der Waals surface area contributed by atoms with Crippen LogP contribution < -0.4 is 10.3 Å². The van der Waals surface area contributed by atoms with E-state index in [9.17, 15) is 9.59 Å². The third-order valence-electron chi connectivity index (χ3n) is 4.15. The number of aromatic nitrogens is 3. The van der Waals surface area contributed by atoms with Gasteiger partial charge in [-0.15, -0.1) is 0 Å². The van der Waals surface area contributed by atoms with Crippen molar-refractivity contribution in [2.45, 2.75) is 27.4 Å². The van der Waals surface area contributed by atoms with Crippen molar-refractivity contribution in [3.63, 3.8) is 0 Å². The number of hydrogen-bond donors (Lipinski definition) is 0. The van der Waals surface area contributed by atoms with Crippen molar-refractivity contribution in [2.75, 3.05) is 6.61 Å². The van der Waals surface area contributed by atoms with E-state index >= 15 is 0 Å². The quantitative estimate of drug-likeness (QED) is 0.475. The lowest BCUT2D eigenvalue weighted by Gasteiger charge is -2.01. The molecular formula is C19H17N3O5S. The minimum absolute atomic E-state index is 0.0774. The maximum absolute atomic E-state index is 12.5. The van der Waals surface area contributed by atoms with Crippen molar-refractivity contribution < 1.29 is 18.7 Å². The van der Waals surface area contributed by atoms with E-state index < -0.39 is 5.97 Å². The van der Waals surface area contributed by atoms with E-state index in [0.29, 0.717) is 39.2 Å². The highest BCUT2D eigenvalue weighted by Gasteiger charge is 2.20. The van der Waals surface area contributed by atoms with E-state index in [-0.39, 0.29) is 17.9 Å². The fraction of sp³-hybridized carbons (Fsp3) is 0.263. The summed E-state index contributed by atoms with van der Waals surface area (Å²) in [4.78, 5) is 29.1. The van der Waals surface area contributed by atoms with Gasteiger partial charge in [0.15, 0.2) is 5.01 Å². The Morgan fingerprint density at radius 3 is 2.89 bits per heavy atom. The van der Waals surface area contributed by atoms with Crippen LogP contribution >= 0.6 is 11.3 Å². The zero-order valence-corrected chi connectivity index (χ0v) is 16.3. The second-order valence-corrected chi connectivity index (χ2v) is 7.19. The monoisotopic (exact) mass is 399 g/mol. The van der Waals surface area contributed by atoms with Crippen LogP contribution in [0.4, 0.5) is 0 Å². The van der Waals surface area contributed by atoms with Crippen LogP contribution in [0.5, 0.6) is 5.75 Å².